The van der Waals surface area contributed by atoms with E-state index >= 15 is 0 Å². The number of aliphatic hydroxyl groups is 1. The van der Waals surface area contributed by atoms with Crippen molar-refractivity contribution in [3.05, 3.63) is 21.3 Å². The molecular weight excluding hydrogens is 249 g/mol. The molecule has 1 atom stereocenters. The first kappa shape index (κ1) is 12.8. The number of hydrogen-bond donors (Lipinski definition) is 1. The Morgan fingerprint density at radius 3 is 2.53 bits per heavy atom. The molecule has 0 saturated carbocycles. The van der Waals surface area contributed by atoms with Crippen LogP contribution in [-0.4, -0.2) is 17.4 Å². The minimum atomic E-state index is -4.20. The van der Waals surface area contributed by atoms with Gasteiger partial charge in [-0.25, -0.2) is 0 Å². The lowest BCUT2D eigenvalue weighted by atomic mass is 10.1. The Morgan fingerprint density at radius 2 is 2.07 bits per heavy atom. The molecule has 1 nitrogen and oxygen atoms in total. The Bertz CT molecular complexity index is 311. The van der Waals surface area contributed by atoms with Gasteiger partial charge in [0.25, 0.3) is 0 Å². The van der Waals surface area contributed by atoms with Crippen LogP contribution in [0, 0.1) is 0 Å². The van der Waals surface area contributed by atoms with Gasteiger partial charge in [0.2, 0.25) is 0 Å². The van der Waals surface area contributed by atoms with Gasteiger partial charge in [-0.1, -0.05) is 11.6 Å². The lowest BCUT2D eigenvalue weighted by molar-refractivity contribution is -0.139. The van der Waals surface area contributed by atoms with Gasteiger partial charge in [-0.05, 0) is 18.6 Å². The summed E-state index contributed by atoms with van der Waals surface area (Å²) in [6, 6.07) is 3.38. The van der Waals surface area contributed by atoms with Gasteiger partial charge in [0.15, 0.2) is 0 Å². The second-order valence-electron chi connectivity index (χ2n) is 3.22. The van der Waals surface area contributed by atoms with Crippen molar-refractivity contribution in [3.63, 3.8) is 0 Å². The van der Waals surface area contributed by atoms with E-state index in [9.17, 15) is 18.3 Å². The molecule has 0 aliphatic carbocycles. The van der Waals surface area contributed by atoms with Crippen molar-refractivity contribution in [1.82, 2.24) is 0 Å². The molecule has 0 aliphatic heterocycles. The average molecular weight is 259 g/mol. The molecule has 1 heterocycles. The maximum absolute atomic E-state index is 11.8. The van der Waals surface area contributed by atoms with Crippen LogP contribution in [-0.2, 0) is 6.42 Å². The molecule has 1 N–H and O–H groups in total. The van der Waals surface area contributed by atoms with Crippen molar-refractivity contribution < 1.29 is 18.3 Å². The first-order valence-electron chi connectivity index (χ1n) is 4.36. The fourth-order valence-electron chi connectivity index (χ4n) is 1.13. The molecular formula is C9H10ClF3OS. The van der Waals surface area contributed by atoms with Gasteiger partial charge >= 0.3 is 6.18 Å². The molecule has 15 heavy (non-hydrogen) atoms. The summed E-state index contributed by atoms with van der Waals surface area (Å²) in [5, 5.41) is 9.34. The summed E-state index contributed by atoms with van der Waals surface area (Å²) in [6.45, 7) is 0. The zero-order valence-corrected chi connectivity index (χ0v) is 9.29. The Morgan fingerprint density at radius 1 is 1.40 bits per heavy atom. The van der Waals surface area contributed by atoms with E-state index in [2.05, 4.69) is 0 Å². The predicted octanol–water partition coefficient (Wildman–Crippen LogP) is 3.65. The number of rotatable bonds is 4. The quantitative estimate of drug-likeness (QED) is 0.874. The van der Waals surface area contributed by atoms with Crippen LogP contribution in [0.2, 0.25) is 4.34 Å². The van der Waals surface area contributed by atoms with Crippen molar-refractivity contribution in [2.24, 2.45) is 0 Å². The number of aliphatic hydroxyl groups excluding tert-OH is 1. The molecule has 0 bridgehead atoms. The largest absolute Gasteiger partial charge is 0.393 e. The summed E-state index contributed by atoms with van der Waals surface area (Å²) in [4.78, 5) is 0.801. The van der Waals surface area contributed by atoms with E-state index in [-0.39, 0.29) is 12.8 Å². The molecule has 0 aliphatic rings. The monoisotopic (exact) mass is 258 g/mol. The normalized spacial score (nSPS) is 14.2. The van der Waals surface area contributed by atoms with Crippen LogP contribution >= 0.6 is 22.9 Å². The van der Waals surface area contributed by atoms with E-state index in [0.717, 1.165) is 4.88 Å². The smallest absolute Gasteiger partial charge is 0.389 e. The van der Waals surface area contributed by atoms with Crippen LogP contribution in [0.25, 0.3) is 0 Å². The Balaban J connectivity index is 2.33. The van der Waals surface area contributed by atoms with Gasteiger partial charge in [0.05, 0.1) is 10.4 Å². The maximum atomic E-state index is 11.8. The Labute approximate surface area is 94.5 Å². The van der Waals surface area contributed by atoms with E-state index in [1.807, 2.05) is 0 Å². The van der Waals surface area contributed by atoms with Crippen molar-refractivity contribution in [2.75, 3.05) is 0 Å². The summed E-state index contributed by atoms with van der Waals surface area (Å²) in [5.41, 5.74) is 0. The minimum absolute atomic E-state index is 0.230. The lowest BCUT2D eigenvalue weighted by Gasteiger charge is -2.10. The fraction of sp³-hybridized carbons (Fsp3) is 0.556. The molecule has 0 spiro atoms. The van der Waals surface area contributed by atoms with Gasteiger partial charge in [0, 0.05) is 17.7 Å². The second kappa shape index (κ2) is 5.18. The third-order valence-corrected chi connectivity index (χ3v) is 3.08. The highest BCUT2D eigenvalue weighted by molar-refractivity contribution is 7.16. The molecule has 0 fully saturated rings. The van der Waals surface area contributed by atoms with Gasteiger partial charge < -0.3 is 5.11 Å². The minimum Gasteiger partial charge on any atom is -0.393 e. The third kappa shape index (κ3) is 5.39. The molecule has 1 aromatic heterocycles. The topological polar surface area (TPSA) is 20.2 Å². The van der Waals surface area contributed by atoms with Gasteiger partial charge in [-0.3, -0.25) is 0 Å². The molecule has 6 heteroatoms. The zero-order valence-electron chi connectivity index (χ0n) is 7.72. The summed E-state index contributed by atoms with van der Waals surface area (Å²) < 4.78 is 36.1. The number of alkyl halides is 3. The van der Waals surface area contributed by atoms with E-state index in [4.69, 9.17) is 11.6 Å². The highest BCUT2D eigenvalue weighted by atomic mass is 35.5. The molecule has 1 rings (SSSR count). The summed E-state index contributed by atoms with van der Waals surface area (Å²) in [7, 11) is 0. The second-order valence-corrected chi connectivity index (χ2v) is 5.02. The fourth-order valence-corrected chi connectivity index (χ4v) is 2.28. The first-order valence-corrected chi connectivity index (χ1v) is 5.55. The number of hydrogen-bond acceptors (Lipinski definition) is 2. The van der Waals surface area contributed by atoms with Crippen LogP contribution in [0.5, 0.6) is 0 Å². The van der Waals surface area contributed by atoms with Crippen LogP contribution in [0.1, 0.15) is 17.7 Å². The van der Waals surface area contributed by atoms with E-state index < -0.39 is 18.7 Å². The third-order valence-electron chi connectivity index (χ3n) is 1.83. The summed E-state index contributed by atoms with van der Waals surface area (Å²) in [5.74, 6) is 0. The lowest BCUT2D eigenvalue weighted by Crippen LogP contribution is -2.15. The van der Waals surface area contributed by atoms with Gasteiger partial charge in [0.1, 0.15) is 0 Å². The average Bonchev–Trinajstić information content (AvgIpc) is 2.47. The first-order chi connectivity index (χ1) is 6.87. The highest BCUT2D eigenvalue weighted by Gasteiger charge is 2.27. The van der Waals surface area contributed by atoms with Crippen molar-refractivity contribution in [1.29, 1.82) is 0 Å². The van der Waals surface area contributed by atoms with E-state index in [1.165, 1.54) is 11.3 Å². The molecule has 1 unspecified atom stereocenters. The number of halogens is 4. The van der Waals surface area contributed by atoms with Gasteiger partial charge in [-0.2, -0.15) is 13.2 Å². The predicted molar refractivity (Wildman–Crippen MR) is 54.3 cm³/mol. The Hall–Kier alpha value is -0.260. The molecule has 1 aromatic rings. The molecule has 0 amide bonds. The standard InChI is InChI=1S/C9H10ClF3OS/c10-8-2-1-7(15-8)5-6(14)3-4-9(11,12)13/h1-2,6,14H,3-5H2. The molecule has 0 saturated heterocycles. The van der Waals surface area contributed by atoms with E-state index in [0.29, 0.717) is 4.34 Å². The van der Waals surface area contributed by atoms with Gasteiger partial charge in [-0.15, -0.1) is 11.3 Å². The van der Waals surface area contributed by atoms with Crippen LogP contribution in [0.4, 0.5) is 13.2 Å². The van der Waals surface area contributed by atoms with Crippen LogP contribution in [0.15, 0.2) is 12.1 Å². The van der Waals surface area contributed by atoms with Crippen LogP contribution in [0.3, 0.4) is 0 Å². The SMILES string of the molecule is OC(CCC(F)(F)F)Cc1ccc(Cl)s1. The van der Waals surface area contributed by atoms with E-state index in [1.54, 1.807) is 12.1 Å². The van der Waals surface area contributed by atoms with Crippen molar-refractivity contribution in [2.45, 2.75) is 31.5 Å². The summed E-state index contributed by atoms with van der Waals surface area (Å²) >= 11 is 6.92. The molecule has 86 valence electrons. The highest BCUT2D eigenvalue weighted by Crippen LogP contribution is 2.26. The number of thiophene rings is 1. The Kier molecular flexibility index (Phi) is 4.43. The van der Waals surface area contributed by atoms with Crippen molar-refractivity contribution >= 4 is 22.9 Å². The zero-order chi connectivity index (χ0) is 11.5. The van der Waals surface area contributed by atoms with Crippen LogP contribution < -0.4 is 0 Å². The maximum Gasteiger partial charge on any atom is 0.389 e. The molecule has 0 radical (unpaired) electrons. The summed E-state index contributed by atoms with van der Waals surface area (Å²) in [6.07, 6.45) is -6.14. The molecule has 0 aromatic carbocycles. The van der Waals surface area contributed by atoms with Crippen molar-refractivity contribution in [3.8, 4) is 0 Å².